The monoisotopic (exact) mass is 558 g/mol. The van der Waals surface area contributed by atoms with Gasteiger partial charge in [-0.1, -0.05) is 35.9 Å². The third-order valence-electron chi connectivity index (χ3n) is 7.51. The highest BCUT2D eigenvalue weighted by atomic mass is 35.5. The minimum Gasteiger partial charge on any atom is -0.330 e. The summed E-state index contributed by atoms with van der Waals surface area (Å²) in [5, 5.41) is 14.5. The highest BCUT2D eigenvalue weighted by molar-refractivity contribution is 6.33. The van der Waals surface area contributed by atoms with Gasteiger partial charge < -0.3 is 11.5 Å². The molecule has 0 spiro atoms. The molecule has 2 aromatic heterocycles. The van der Waals surface area contributed by atoms with Crippen molar-refractivity contribution in [3.8, 4) is 22.5 Å². The van der Waals surface area contributed by atoms with E-state index < -0.39 is 11.9 Å². The van der Waals surface area contributed by atoms with Gasteiger partial charge in [-0.3, -0.25) is 14.6 Å². The Balaban J connectivity index is 1.36. The van der Waals surface area contributed by atoms with Crippen LogP contribution in [0.15, 0.2) is 67.0 Å². The molecule has 1 atom stereocenters. The van der Waals surface area contributed by atoms with Crippen LogP contribution >= 0.6 is 11.6 Å². The predicted octanol–water partition coefficient (Wildman–Crippen LogP) is 3.78. The first-order valence-electron chi connectivity index (χ1n) is 13.3. The number of aromatic amines is 1. The Bertz CT molecular complexity index is 1440. The second-order valence-electron chi connectivity index (χ2n) is 10.1. The van der Waals surface area contributed by atoms with Gasteiger partial charge in [0.05, 0.1) is 16.8 Å². The summed E-state index contributed by atoms with van der Waals surface area (Å²) in [6.07, 6.45) is 6.68. The number of nitrogens with two attached hydrogens (primary N) is 2. The Kier molecular flexibility index (Phi) is 8.59. The summed E-state index contributed by atoms with van der Waals surface area (Å²) in [6, 6.07) is 15.6. The van der Waals surface area contributed by atoms with E-state index >= 15 is 0 Å². The van der Waals surface area contributed by atoms with Crippen LogP contribution in [0.25, 0.3) is 22.5 Å². The number of hydrogen-bond acceptors (Lipinski definition) is 8. The maximum absolute atomic E-state index is 13.8. The summed E-state index contributed by atoms with van der Waals surface area (Å²) in [7, 11) is 0. The van der Waals surface area contributed by atoms with Crippen LogP contribution in [0.1, 0.15) is 31.2 Å². The summed E-state index contributed by atoms with van der Waals surface area (Å²) in [5.74, 6) is -0.107. The quantitative estimate of drug-likeness (QED) is 0.295. The highest BCUT2D eigenvalue weighted by Crippen LogP contribution is 2.32. The summed E-state index contributed by atoms with van der Waals surface area (Å²) in [5.41, 5.74) is 16.1. The molecule has 4 aromatic rings. The third kappa shape index (κ3) is 6.09. The second kappa shape index (κ2) is 12.5. The number of benzene rings is 2. The molecule has 5 N–H and O–H groups in total. The van der Waals surface area contributed by atoms with Gasteiger partial charge in [0, 0.05) is 29.4 Å². The van der Waals surface area contributed by atoms with Crippen molar-refractivity contribution >= 4 is 29.1 Å². The molecule has 1 saturated carbocycles. The molecule has 0 radical (unpaired) electrons. The fourth-order valence-corrected chi connectivity index (χ4v) is 5.40. The molecule has 1 fully saturated rings. The van der Waals surface area contributed by atoms with Crippen molar-refractivity contribution in [3.05, 3.63) is 77.6 Å². The average Bonchev–Trinajstić information content (AvgIpc) is 3.53. The number of carbonyl (C=O) groups is 2. The number of nitrogens with zero attached hydrogens (tertiary/aromatic N) is 5. The zero-order valence-electron chi connectivity index (χ0n) is 21.9. The molecule has 0 aliphatic heterocycles. The van der Waals surface area contributed by atoms with E-state index in [0.29, 0.717) is 47.4 Å². The number of rotatable bonds is 8. The number of hydrogen-bond donors (Lipinski definition) is 3. The van der Waals surface area contributed by atoms with Crippen LogP contribution in [-0.4, -0.2) is 50.0 Å². The van der Waals surface area contributed by atoms with E-state index in [1.807, 2.05) is 30.3 Å². The minimum absolute atomic E-state index is 0.231. The topological polar surface area (TPSA) is 157 Å². The van der Waals surface area contributed by atoms with Crippen LogP contribution < -0.4 is 16.4 Å². The maximum atomic E-state index is 13.8. The van der Waals surface area contributed by atoms with Crippen LogP contribution in [0.5, 0.6) is 0 Å². The molecule has 40 heavy (non-hydrogen) atoms. The Morgan fingerprint density at radius 2 is 1.70 bits per heavy atom. The summed E-state index contributed by atoms with van der Waals surface area (Å²) < 4.78 is 0. The molecule has 2 aromatic carbocycles. The molecular weight excluding hydrogens is 528 g/mol. The third-order valence-corrected chi connectivity index (χ3v) is 7.81. The normalized spacial score (nSPS) is 17.8. The minimum atomic E-state index is -0.920. The van der Waals surface area contributed by atoms with E-state index in [-0.39, 0.29) is 18.2 Å². The van der Waals surface area contributed by atoms with Gasteiger partial charge in [0.25, 0.3) is 5.91 Å². The van der Waals surface area contributed by atoms with Crippen molar-refractivity contribution in [2.24, 2.45) is 23.3 Å². The number of H-pyrrole nitrogens is 1. The van der Waals surface area contributed by atoms with Gasteiger partial charge in [0.1, 0.15) is 0 Å². The van der Waals surface area contributed by atoms with E-state index in [2.05, 4.69) is 25.6 Å². The van der Waals surface area contributed by atoms with Crippen LogP contribution in [0.2, 0.25) is 5.02 Å². The smallest absolute Gasteiger partial charge is 0.251 e. The van der Waals surface area contributed by atoms with Gasteiger partial charge in [-0.05, 0) is 91.2 Å². The van der Waals surface area contributed by atoms with Gasteiger partial charge in [-0.15, -0.1) is 10.2 Å². The van der Waals surface area contributed by atoms with Crippen molar-refractivity contribution in [3.63, 3.8) is 0 Å². The van der Waals surface area contributed by atoms with Gasteiger partial charge in [-0.25, -0.2) is 4.90 Å². The Hall–Kier alpha value is -3.99. The predicted molar refractivity (Wildman–Crippen MR) is 153 cm³/mol. The molecule has 11 heteroatoms. The maximum Gasteiger partial charge on any atom is 0.251 e. The molecule has 0 saturated heterocycles. The number of halogens is 1. The lowest BCUT2D eigenvalue weighted by atomic mass is 9.81. The van der Waals surface area contributed by atoms with Gasteiger partial charge in [0.15, 0.2) is 0 Å². The van der Waals surface area contributed by atoms with Crippen LogP contribution in [0.3, 0.4) is 0 Å². The molecule has 1 aliphatic rings. The van der Waals surface area contributed by atoms with E-state index in [9.17, 15) is 9.59 Å². The molecule has 5 rings (SSSR count). The van der Waals surface area contributed by atoms with E-state index in [1.165, 1.54) is 4.90 Å². The number of tetrazole rings is 1. The highest BCUT2D eigenvalue weighted by Gasteiger charge is 2.35. The van der Waals surface area contributed by atoms with Crippen LogP contribution in [0.4, 0.5) is 5.69 Å². The van der Waals surface area contributed by atoms with Crippen LogP contribution in [-0.2, 0) is 16.0 Å². The molecular formula is C29H31ClN8O2. The first kappa shape index (κ1) is 27.6. The average molecular weight is 559 g/mol. The number of amides is 2. The zero-order valence-corrected chi connectivity index (χ0v) is 22.7. The number of pyridine rings is 1. The molecule has 206 valence electrons. The standard InChI is InChI=1S/C29H31ClN8O2/c30-25-17-33-14-13-24(25)20-5-1-18(2-6-20)15-26(32)29(40)38(28(39)22-7-3-19(16-31)4-8-22)23-11-9-21(10-12-23)27-34-36-37-35-27/h1-2,5-6,9-14,17,19,22,26H,3-4,7-8,15-16,31-32H2,(H,34,35,36,37)/t19?,22?,26-/m0/s1. The number of aromatic nitrogens is 5. The molecule has 0 bridgehead atoms. The SMILES string of the molecule is NCC1CCC(C(=O)N(C(=O)[C@@H](N)Cc2ccc(-c3ccncc3Cl)cc2)c2ccc(-c3nn[nH]n3)cc2)CC1. The molecule has 2 heterocycles. The van der Waals surface area contributed by atoms with E-state index in [0.717, 1.165) is 29.5 Å². The van der Waals surface area contributed by atoms with Crippen molar-refractivity contribution in [1.82, 2.24) is 25.6 Å². The van der Waals surface area contributed by atoms with Gasteiger partial charge >= 0.3 is 0 Å². The number of anilines is 1. The lowest BCUT2D eigenvalue weighted by molar-refractivity contribution is -0.130. The number of imide groups is 1. The zero-order chi connectivity index (χ0) is 28.1. The summed E-state index contributed by atoms with van der Waals surface area (Å²) >= 11 is 6.28. The van der Waals surface area contributed by atoms with Crippen molar-refractivity contribution < 1.29 is 9.59 Å². The Labute approximate surface area is 237 Å². The molecule has 10 nitrogen and oxygen atoms in total. The lowest BCUT2D eigenvalue weighted by Crippen LogP contribution is -2.50. The summed E-state index contributed by atoms with van der Waals surface area (Å²) in [4.78, 5) is 32.9. The van der Waals surface area contributed by atoms with Gasteiger partial charge in [-0.2, -0.15) is 5.21 Å². The lowest BCUT2D eigenvalue weighted by Gasteiger charge is -2.32. The van der Waals surface area contributed by atoms with E-state index in [1.54, 1.807) is 36.7 Å². The fourth-order valence-electron chi connectivity index (χ4n) is 5.17. The largest absolute Gasteiger partial charge is 0.330 e. The molecule has 1 aliphatic carbocycles. The summed E-state index contributed by atoms with van der Waals surface area (Å²) in [6.45, 7) is 0.609. The molecule has 2 amide bonds. The van der Waals surface area contributed by atoms with Crippen molar-refractivity contribution in [2.45, 2.75) is 38.1 Å². The first-order chi connectivity index (χ1) is 19.4. The Morgan fingerprint density at radius 1 is 1.00 bits per heavy atom. The van der Waals surface area contributed by atoms with Crippen LogP contribution in [0, 0.1) is 11.8 Å². The Morgan fingerprint density at radius 3 is 2.33 bits per heavy atom. The van der Waals surface area contributed by atoms with Crippen molar-refractivity contribution in [2.75, 3.05) is 11.4 Å². The van der Waals surface area contributed by atoms with Gasteiger partial charge in [0.2, 0.25) is 11.7 Å². The number of nitrogens with one attached hydrogen (secondary N) is 1. The second-order valence-corrected chi connectivity index (χ2v) is 10.5. The first-order valence-corrected chi connectivity index (χ1v) is 13.7. The molecule has 0 unspecified atom stereocenters. The number of carbonyl (C=O) groups excluding carboxylic acids is 2. The fraction of sp³-hybridized carbons (Fsp3) is 0.310. The van der Waals surface area contributed by atoms with E-state index in [4.69, 9.17) is 23.1 Å². The van der Waals surface area contributed by atoms with Crippen molar-refractivity contribution in [1.29, 1.82) is 0 Å².